The summed E-state index contributed by atoms with van der Waals surface area (Å²) in [7, 11) is 1.35. The Morgan fingerprint density at radius 2 is 1.71 bits per heavy atom. The number of nitrogens with zero attached hydrogens (tertiary/aromatic N) is 2. The predicted molar refractivity (Wildman–Crippen MR) is 120 cm³/mol. The Bertz CT molecular complexity index is 956. The standard InChI is InChI=1S/C25H28N2O4/c1-18-14-26(25(30)23-6-4-5-22(13-23)17-28)15-19(2)27(18)16-21-9-7-20(8-10-21)11-12-24(29)31-3/h4-13,17-19H,14-16H2,1-3H3/b12-11+/t18-,19+. The van der Waals surface area contributed by atoms with Crippen LogP contribution in [0, 0.1) is 0 Å². The van der Waals surface area contributed by atoms with Gasteiger partial charge in [0.05, 0.1) is 7.11 Å². The number of rotatable bonds is 6. The van der Waals surface area contributed by atoms with Crippen LogP contribution in [-0.2, 0) is 16.1 Å². The summed E-state index contributed by atoms with van der Waals surface area (Å²) < 4.78 is 4.61. The maximum absolute atomic E-state index is 12.9. The van der Waals surface area contributed by atoms with Gasteiger partial charge in [0.1, 0.15) is 6.29 Å². The molecule has 0 aliphatic carbocycles. The van der Waals surface area contributed by atoms with Gasteiger partial charge in [0.15, 0.2) is 0 Å². The molecule has 0 radical (unpaired) electrons. The molecule has 2 aromatic rings. The van der Waals surface area contributed by atoms with Gasteiger partial charge in [0, 0.05) is 48.9 Å². The fraction of sp³-hybridized carbons (Fsp3) is 0.320. The third-order valence-electron chi connectivity index (χ3n) is 5.62. The first-order valence-corrected chi connectivity index (χ1v) is 10.4. The van der Waals surface area contributed by atoms with Crippen LogP contribution in [0.25, 0.3) is 6.08 Å². The van der Waals surface area contributed by atoms with E-state index < -0.39 is 0 Å². The average Bonchev–Trinajstić information content (AvgIpc) is 2.79. The van der Waals surface area contributed by atoms with Gasteiger partial charge in [-0.3, -0.25) is 14.5 Å². The van der Waals surface area contributed by atoms with Gasteiger partial charge in [-0.25, -0.2) is 4.79 Å². The molecule has 6 nitrogen and oxygen atoms in total. The van der Waals surface area contributed by atoms with Gasteiger partial charge in [-0.05, 0) is 43.2 Å². The third kappa shape index (κ3) is 5.67. The van der Waals surface area contributed by atoms with Crippen LogP contribution in [0.4, 0.5) is 0 Å². The minimum atomic E-state index is -0.378. The second-order valence-corrected chi connectivity index (χ2v) is 7.92. The number of carbonyl (C=O) groups is 3. The molecule has 3 rings (SSSR count). The summed E-state index contributed by atoms with van der Waals surface area (Å²) in [5, 5.41) is 0. The summed E-state index contributed by atoms with van der Waals surface area (Å²) in [6.07, 6.45) is 3.89. The van der Waals surface area contributed by atoms with Gasteiger partial charge in [-0.1, -0.05) is 36.4 Å². The van der Waals surface area contributed by atoms with E-state index in [1.807, 2.05) is 17.0 Å². The Kier molecular flexibility index (Phi) is 7.36. The molecular weight excluding hydrogens is 392 g/mol. The highest BCUT2D eigenvalue weighted by molar-refractivity contribution is 5.96. The van der Waals surface area contributed by atoms with Crippen molar-refractivity contribution in [3.8, 4) is 0 Å². The monoisotopic (exact) mass is 420 g/mol. The topological polar surface area (TPSA) is 66.9 Å². The van der Waals surface area contributed by atoms with Crippen molar-refractivity contribution in [3.05, 3.63) is 76.9 Å². The van der Waals surface area contributed by atoms with Crippen LogP contribution in [0.3, 0.4) is 0 Å². The molecular formula is C25H28N2O4. The van der Waals surface area contributed by atoms with E-state index in [1.54, 1.807) is 30.3 Å². The highest BCUT2D eigenvalue weighted by Gasteiger charge is 2.32. The summed E-state index contributed by atoms with van der Waals surface area (Å²) in [5.41, 5.74) is 3.17. The number of hydrogen-bond acceptors (Lipinski definition) is 5. The third-order valence-corrected chi connectivity index (χ3v) is 5.62. The summed E-state index contributed by atoms with van der Waals surface area (Å²) in [4.78, 5) is 39.5. The number of ether oxygens (including phenoxy) is 1. The number of hydrogen-bond donors (Lipinski definition) is 0. The van der Waals surface area contributed by atoms with Crippen LogP contribution in [0.2, 0.25) is 0 Å². The summed E-state index contributed by atoms with van der Waals surface area (Å²) in [6, 6.07) is 15.3. The molecule has 0 N–H and O–H groups in total. The molecule has 0 saturated carbocycles. The normalized spacial score (nSPS) is 19.4. The number of piperazine rings is 1. The Morgan fingerprint density at radius 3 is 2.32 bits per heavy atom. The molecule has 0 unspecified atom stereocenters. The number of methoxy groups -OCH3 is 1. The number of esters is 1. The van der Waals surface area contributed by atoms with Crippen LogP contribution in [-0.4, -0.2) is 60.2 Å². The van der Waals surface area contributed by atoms with Crippen LogP contribution >= 0.6 is 0 Å². The molecule has 6 heteroatoms. The van der Waals surface area contributed by atoms with Crippen molar-refractivity contribution < 1.29 is 19.1 Å². The number of amides is 1. The maximum atomic E-state index is 12.9. The van der Waals surface area contributed by atoms with E-state index in [0.717, 1.165) is 18.4 Å². The lowest BCUT2D eigenvalue weighted by Crippen LogP contribution is -2.57. The van der Waals surface area contributed by atoms with Gasteiger partial charge in [0.2, 0.25) is 0 Å². The molecule has 0 spiro atoms. The van der Waals surface area contributed by atoms with Crippen LogP contribution < -0.4 is 0 Å². The highest BCUT2D eigenvalue weighted by atomic mass is 16.5. The first-order valence-electron chi connectivity index (χ1n) is 10.4. The first kappa shape index (κ1) is 22.4. The molecule has 0 aromatic heterocycles. The van der Waals surface area contributed by atoms with Crippen molar-refractivity contribution in [2.75, 3.05) is 20.2 Å². The second kappa shape index (κ2) is 10.2. The van der Waals surface area contributed by atoms with Gasteiger partial charge in [0.25, 0.3) is 5.91 Å². The van der Waals surface area contributed by atoms with Crippen LogP contribution in [0.1, 0.15) is 45.7 Å². The van der Waals surface area contributed by atoms with Crippen molar-refractivity contribution >= 4 is 24.2 Å². The molecule has 162 valence electrons. The van der Waals surface area contributed by atoms with Crippen molar-refractivity contribution in [2.45, 2.75) is 32.5 Å². The molecule has 1 amide bonds. The van der Waals surface area contributed by atoms with E-state index in [-0.39, 0.29) is 24.0 Å². The van der Waals surface area contributed by atoms with Crippen molar-refractivity contribution in [1.29, 1.82) is 0 Å². The molecule has 1 fully saturated rings. The van der Waals surface area contributed by atoms with Gasteiger partial charge in [-0.15, -0.1) is 0 Å². The van der Waals surface area contributed by atoms with E-state index in [0.29, 0.717) is 24.2 Å². The Morgan fingerprint density at radius 1 is 1.03 bits per heavy atom. The number of carbonyl (C=O) groups excluding carboxylic acids is 3. The quantitative estimate of drug-likeness (QED) is 0.407. The fourth-order valence-corrected chi connectivity index (χ4v) is 3.94. The van der Waals surface area contributed by atoms with Crippen molar-refractivity contribution in [1.82, 2.24) is 9.80 Å². The molecule has 31 heavy (non-hydrogen) atoms. The van der Waals surface area contributed by atoms with E-state index in [9.17, 15) is 14.4 Å². The summed E-state index contributed by atoms with van der Waals surface area (Å²) in [5.74, 6) is -0.416. The average molecular weight is 421 g/mol. The van der Waals surface area contributed by atoms with Crippen molar-refractivity contribution in [3.63, 3.8) is 0 Å². The Labute approximate surface area is 183 Å². The Balaban J connectivity index is 1.63. The smallest absolute Gasteiger partial charge is 0.330 e. The maximum Gasteiger partial charge on any atom is 0.330 e. The van der Waals surface area contributed by atoms with Gasteiger partial charge >= 0.3 is 5.97 Å². The second-order valence-electron chi connectivity index (χ2n) is 7.92. The summed E-state index contributed by atoms with van der Waals surface area (Å²) in [6.45, 7) is 6.31. The molecule has 0 bridgehead atoms. The van der Waals surface area contributed by atoms with E-state index in [2.05, 4.69) is 35.6 Å². The number of benzene rings is 2. The van der Waals surface area contributed by atoms with E-state index in [1.165, 1.54) is 18.7 Å². The van der Waals surface area contributed by atoms with Crippen molar-refractivity contribution in [2.24, 2.45) is 0 Å². The molecule has 1 saturated heterocycles. The zero-order valence-corrected chi connectivity index (χ0v) is 18.2. The Hall–Kier alpha value is -3.25. The van der Waals surface area contributed by atoms with E-state index in [4.69, 9.17) is 0 Å². The van der Waals surface area contributed by atoms with Crippen LogP contribution in [0.5, 0.6) is 0 Å². The first-order chi connectivity index (χ1) is 14.9. The van der Waals surface area contributed by atoms with Gasteiger partial charge in [-0.2, -0.15) is 0 Å². The SMILES string of the molecule is COC(=O)/C=C/c1ccc(CN2[C@H](C)CN(C(=O)c3cccc(C=O)c3)C[C@@H]2C)cc1. The zero-order valence-electron chi connectivity index (χ0n) is 18.2. The lowest BCUT2D eigenvalue weighted by molar-refractivity contribution is -0.134. The number of aldehydes is 1. The lowest BCUT2D eigenvalue weighted by Gasteiger charge is -2.44. The lowest BCUT2D eigenvalue weighted by atomic mass is 10.0. The van der Waals surface area contributed by atoms with E-state index >= 15 is 0 Å². The molecule has 1 aliphatic rings. The largest absolute Gasteiger partial charge is 0.466 e. The molecule has 2 aromatic carbocycles. The van der Waals surface area contributed by atoms with Gasteiger partial charge < -0.3 is 9.64 Å². The van der Waals surface area contributed by atoms with Crippen LogP contribution in [0.15, 0.2) is 54.6 Å². The molecule has 2 atom stereocenters. The highest BCUT2D eigenvalue weighted by Crippen LogP contribution is 2.21. The minimum Gasteiger partial charge on any atom is -0.466 e. The minimum absolute atomic E-state index is 0.0382. The fourth-order valence-electron chi connectivity index (χ4n) is 3.94. The molecule has 1 heterocycles. The zero-order chi connectivity index (χ0) is 22.4. The molecule has 1 aliphatic heterocycles. The predicted octanol–water partition coefficient (Wildman–Crippen LogP) is 3.42. The summed E-state index contributed by atoms with van der Waals surface area (Å²) >= 11 is 0.